The van der Waals surface area contributed by atoms with Gasteiger partial charge < -0.3 is 14.3 Å². The van der Waals surface area contributed by atoms with E-state index in [4.69, 9.17) is 4.42 Å². The average molecular weight is 899 g/mol. The van der Waals surface area contributed by atoms with Gasteiger partial charge in [-0.1, -0.05) is 147 Å². The van der Waals surface area contributed by atoms with Gasteiger partial charge in [-0.05, 0) is 139 Å². The van der Waals surface area contributed by atoms with Crippen LogP contribution in [0.15, 0.2) is 138 Å². The lowest BCUT2D eigenvalue weighted by Gasteiger charge is -2.42. The molecule has 4 heterocycles. The Morgan fingerprint density at radius 1 is 0.603 bits per heavy atom. The van der Waals surface area contributed by atoms with Gasteiger partial charge in [-0.2, -0.15) is 0 Å². The average Bonchev–Trinajstić information content (AvgIpc) is 4.04. The van der Waals surface area contributed by atoms with E-state index < -0.39 is 0 Å². The molecule has 0 fully saturated rings. The van der Waals surface area contributed by atoms with Crippen LogP contribution >= 0.6 is 11.3 Å². The molecule has 1 N–H and O–H groups in total. The smallest absolute Gasteiger partial charge is 0.198 e. The standard InChI is InChI=1S/C63H55BN2OS/c1-60(2,3)34-22-24-35(25-23-34)65-48-31-44-39(36-16-10-13-19-43(36)63(44,8)9)28-41(48)54-55-38-18-11-14-20-51(38)67-59(55)56-42-29-45-46(62(6,7)27-26-61(45,4)5)32-49(42)66-50-33-53-40(30-47(50)64-57(54)58(56)66)37-17-12-15-21-52(37)68-53/h10-25,28-33,64-65H,26-27H2,1-9H3. The van der Waals surface area contributed by atoms with Crippen LogP contribution in [-0.4, -0.2) is 11.8 Å². The Morgan fingerprint density at radius 2 is 1.31 bits per heavy atom. The van der Waals surface area contributed by atoms with Crippen LogP contribution < -0.4 is 16.2 Å². The summed E-state index contributed by atoms with van der Waals surface area (Å²) in [5.74, 6) is 0. The van der Waals surface area contributed by atoms with Gasteiger partial charge >= 0.3 is 0 Å². The molecule has 68 heavy (non-hydrogen) atoms. The van der Waals surface area contributed by atoms with E-state index in [2.05, 4.69) is 206 Å². The number of para-hydroxylation sites is 1. The van der Waals surface area contributed by atoms with Crippen LogP contribution in [0.3, 0.4) is 0 Å². The zero-order chi connectivity index (χ0) is 46.4. The molecule has 332 valence electrons. The normalized spacial score (nSPS) is 16.4. The maximum Gasteiger partial charge on any atom is 0.198 e. The van der Waals surface area contributed by atoms with Gasteiger partial charge in [0.1, 0.15) is 11.2 Å². The fourth-order valence-electron chi connectivity index (χ4n) is 12.9. The number of nitrogens with one attached hydrogen (secondary N) is 1. The first kappa shape index (κ1) is 40.5. The molecule has 0 atom stereocenters. The van der Waals surface area contributed by atoms with Crippen molar-refractivity contribution in [3.05, 3.63) is 161 Å². The highest BCUT2D eigenvalue weighted by Crippen LogP contribution is 2.55. The second-order valence-corrected chi connectivity index (χ2v) is 24.3. The van der Waals surface area contributed by atoms with Gasteiger partial charge in [0, 0.05) is 59.0 Å². The topological polar surface area (TPSA) is 30.1 Å². The summed E-state index contributed by atoms with van der Waals surface area (Å²) in [6, 6.07) is 51.2. The minimum atomic E-state index is -0.173. The Morgan fingerprint density at radius 3 is 2.09 bits per heavy atom. The fraction of sp³-hybridized carbons (Fsp3) is 0.238. The van der Waals surface area contributed by atoms with Gasteiger partial charge in [0.25, 0.3) is 0 Å². The van der Waals surface area contributed by atoms with E-state index in [1.54, 1.807) is 0 Å². The molecule has 3 aliphatic rings. The molecule has 3 aromatic heterocycles. The van der Waals surface area contributed by atoms with Gasteiger partial charge in [-0.25, -0.2) is 0 Å². The van der Waals surface area contributed by atoms with Crippen LogP contribution in [0.5, 0.6) is 0 Å². The second kappa shape index (κ2) is 13.4. The second-order valence-electron chi connectivity index (χ2n) is 23.2. The minimum absolute atomic E-state index is 0.0463. The molecule has 11 aromatic rings. The van der Waals surface area contributed by atoms with E-state index >= 15 is 0 Å². The SMILES string of the molecule is CC(C)(C)c1ccc(Nc2cc3c(cc2-c2c4c5c(c6cc7c(cc6n5-c5cc6sc8ccccc8c6cc5B4)C(C)(C)CCC7(C)C)c4oc5ccccc5c24)-c2ccccc2C3(C)C)cc1. The summed E-state index contributed by atoms with van der Waals surface area (Å²) in [4.78, 5) is 0. The monoisotopic (exact) mass is 898 g/mol. The lowest BCUT2D eigenvalue weighted by atomic mass is 9.58. The molecule has 2 aliphatic carbocycles. The van der Waals surface area contributed by atoms with E-state index in [1.807, 2.05) is 11.3 Å². The van der Waals surface area contributed by atoms with E-state index in [-0.39, 0.29) is 21.7 Å². The summed E-state index contributed by atoms with van der Waals surface area (Å²) >= 11 is 1.91. The van der Waals surface area contributed by atoms with Crippen molar-refractivity contribution in [3.63, 3.8) is 0 Å². The molecular weight excluding hydrogens is 844 g/mol. The van der Waals surface area contributed by atoms with E-state index in [9.17, 15) is 0 Å². The number of benzene rings is 8. The van der Waals surface area contributed by atoms with Crippen molar-refractivity contribution < 1.29 is 4.42 Å². The molecular formula is C63H55BN2OS. The van der Waals surface area contributed by atoms with Crippen LogP contribution in [0.2, 0.25) is 0 Å². The summed E-state index contributed by atoms with van der Waals surface area (Å²) in [7, 11) is 0.794. The third-order valence-corrected chi connectivity index (χ3v) is 17.9. The van der Waals surface area contributed by atoms with Crippen LogP contribution in [0, 0.1) is 0 Å². The number of aromatic nitrogens is 1. The van der Waals surface area contributed by atoms with Gasteiger partial charge in [0.2, 0.25) is 0 Å². The van der Waals surface area contributed by atoms with Crippen LogP contribution in [-0.2, 0) is 21.7 Å². The van der Waals surface area contributed by atoms with E-state index in [0.29, 0.717) is 0 Å². The Balaban J connectivity index is 1.17. The van der Waals surface area contributed by atoms with Crippen molar-refractivity contribution in [3.8, 4) is 27.9 Å². The lowest BCUT2D eigenvalue weighted by molar-refractivity contribution is 0.332. The van der Waals surface area contributed by atoms with Crippen molar-refractivity contribution in [2.24, 2.45) is 0 Å². The highest BCUT2D eigenvalue weighted by atomic mass is 32.1. The predicted molar refractivity (Wildman–Crippen MR) is 294 cm³/mol. The van der Waals surface area contributed by atoms with Crippen molar-refractivity contribution in [2.75, 3.05) is 5.32 Å². The summed E-state index contributed by atoms with van der Waals surface area (Å²) in [6.07, 6.45) is 2.32. The number of nitrogens with zero attached hydrogens (tertiary/aromatic N) is 1. The summed E-state index contributed by atoms with van der Waals surface area (Å²) in [5.41, 5.74) is 22.7. The van der Waals surface area contributed by atoms with Gasteiger partial charge in [0.05, 0.1) is 16.4 Å². The van der Waals surface area contributed by atoms with Crippen LogP contribution in [0.25, 0.3) is 91.9 Å². The summed E-state index contributed by atoms with van der Waals surface area (Å²) in [6.45, 7) is 21.5. The van der Waals surface area contributed by atoms with Crippen molar-refractivity contribution in [1.29, 1.82) is 0 Å². The molecule has 0 spiro atoms. The molecule has 0 radical (unpaired) electrons. The molecule has 8 aromatic carbocycles. The Bertz CT molecular complexity index is 4030. The molecule has 0 bridgehead atoms. The highest BCUT2D eigenvalue weighted by molar-refractivity contribution is 7.25. The number of anilines is 2. The summed E-state index contributed by atoms with van der Waals surface area (Å²) in [5, 5.41) is 11.6. The van der Waals surface area contributed by atoms with Crippen molar-refractivity contribution in [1.82, 2.24) is 4.57 Å². The van der Waals surface area contributed by atoms with Crippen molar-refractivity contribution in [2.45, 2.75) is 96.8 Å². The van der Waals surface area contributed by atoms with Gasteiger partial charge in [-0.3, -0.25) is 0 Å². The first-order valence-electron chi connectivity index (χ1n) is 24.7. The minimum Gasteiger partial charge on any atom is -0.455 e. The zero-order valence-electron chi connectivity index (χ0n) is 40.6. The first-order chi connectivity index (χ1) is 32.6. The molecule has 0 saturated heterocycles. The van der Waals surface area contributed by atoms with Crippen LogP contribution in [0.4, 0.5) is 11.4 Å². The number of hydrogen-bond acceptors (Lipinski definition) is 3. The van der Waals surface area contributed by atoms with E-state index in [0.717, 1.165) is 48.0 Å². The third kappa shape index (κ3) is 5.43. The zero-order valence-corrected chi connectivity index (χ0v) is 41.4. The Hall–Kier alpha value is -6.56. The molecule has 0 unspecified atom stereocenters. The molecule has 0 amide bonds. The Kier molecular flexibility index (Phi) is 7.96. The quantitative estimate of drug-likeness (QED) is 0.179. The molecule has 14 rings (SSSR count). The van der Waals surface area contributed by atoms with Crippen LogP contribution in [0.1, 0.15) is 103 Å². The fourth-order valence-corrected chi connectivity index (χ4v) is 14.1. The number of fused-ring (bicyclic) bond motifs is 16. The van der Waals surface area contributed by atoms with Gasteiger partial charge in [-0.15, -0.1) is 11.3 Å². The molecule has 1 aliphatic heterocycles. The number of hydrogen-bond donors (Lipinski definition) is 1. The van der Waals surface area contributed by atoms with Crippen molar-refractivity contribution >= 4 is 105 Å². The highest BCUT2D eigenvalue weighted by Gasteiger charge is 2.41. The number of rotatable bonds is 3. The predicted octanol–water partition coefficient (Wildman–Crippen LogP) is 16.1. The number of furan rings is 1. The largest absolute Gasteiger partial charge is 0.455 e. The first-order valence-corrected chi connectivity index (χ1v) is 25.5. The molecule has 3 nitrogen and oxygen atoms in total. The summed E-state index contributed by atoms with van der Waals surface area (Å²) < 4.78 is 12.7. The third-order valence-electron chi connectivity index (χ3n) is 16.8. The molecule has 5 heteroatoms. The van der Waals surface area contributed by atoms with E-state index in [1.165, 1.54) is 114 Å². The Labute approximate surface area is 403 Å². The lowest BCUT2D eigenvalue weighted by Crippen LogP contribution is -2.37. The maximum absolute atomic E-state index is 7.36. The molecule has 0 saturated carbocycles. The maximum atomic E-state index is 7.36. The number of thiophene rings is 1. The van der Waals surface area contributed by atoms with Gasteiger partial charge in [0.15, 0.2) is 7.28 Å².